The lowest BCUT2D eigenvalue weighted by molar-refractivity contribution is -0.0388. The molecule has 0 amide bonds. The maximum absolute atomic E-state index is 10.1. The fourth-order valence-electron chi connectivity index (χ4n) is 1.55. The summed E-state index contributed by atoms with van der Waals surface area (Å²) in [5.41, 5.74) is 0.0880. The van der Waals surface area contributed by atoms with Gasteiger partial charge in [0.25, 0.3) is 0 Å². The molecule has 2 nitrogen and oxygen atoms in total. The van der Waals surface area contributed by atoms with Gasteiger partial charge in [0, 0.05) is 11.8 Å². The number of halogens is 2. The fourth-order valence-corrected chi connectivity index (χ4v) is 2.16. The normalized spacial score (nSPS) is 19.6. The standard InChI is InChI=1S/C9H9BrClNO/c10-8-4-6(7(11)5-12-8)9(13)2-1-3-9/h4-5,13H,1-3H2. The van der Waals surface area contributed by atoms with Crippen molar-refractivity contribution in [3.05, 3.63) is 27.5 Å². The summed E-state index contributed by atoms with van der Waals surface area (Å²) in [6.07, 6.45) is 4.22. The molecule has 1 N–H and O–H groups in total. The van der Waals surface area contributed by atoms with Gasteiger partial charge in [-0.05, 0) is 41.3 Å². The van der Waals surface area contributed by atoms with Crippen LogP contribution in [0.1, 0.15) is 24.8 Å². The third-order valence-corrected chi connectivity index (χ3v) is 3.24. The molecule has 1 heterocycles. The molecule has 1 fully saturated rings. The molecular formula is C9H9BrClNO. The summed E-state index contributed by atoms with van der Waals surface area (Å²) in [6, 6.07) is 1.79. The zero-order valence-corrected chi connectivity index (χ0v) is 9.27. The molecule has 0 atom stereocenters. The summed E-state index contributed by atoms with van der Waals surface area (Å²) in [5, 5.41) is 10.6. The van der Waals surface area contributed by atoms with Gasteiger partial charge in [0.2, 0.25) is 0 Å². The first-order chi connectivity index (χ1) is 6.12. The third-order valence-electron chi connectivity index (χ3n) is 2.50. The first-order valence-corrected chi connectivity index (χ1v) is 5.33. The molecule has 0 unspecified atom stereocenters. The highest BCUT2D eigenvalue weighted by Crippen LogP contribution is 2.44. The average molecular weight is 263 g/mol. The van der Waals surface area contributed by atoms with Gasteiger partial charge in [-0.3, -0.25) is 0 Å². The monoisotopic (exact) mass is 261 g/mol. The minimum atomic E-state index is -0.706. The molecule has 0 aromatic carbocycles. The van der Waals surface area contributed by atoms with E-state index in [1.54, 1.807) is 12.3 Å². The number of rotatable bonds is 1. The molecule has 1 aliphatic carbocycles. The van der Waals surface area contributed by atoms with Crippen LogP contribution in [0.4, 0.5) is 0 Å². The van der Waals surface area contributed by atoms with Crippen molar-refractivity contribution in [2.24, 2.45) is 0 Å². The van der Waals surface area contributed by atoms with Gasteiger partial charge in [-0.1, -0.05) is 11.6 Å². The lowest BCUT2D eigenvalue weighted by atomic mass is 9.75. The Balaban J connectivity index is 2.43. The summed E-state index contributed by atoms with van der Waals surface area (Å²) in [5.74, 6) is 0. The van der Waals surface area contributed by atoms with E-state index in [0.29, 0.717) is 9.63 Å². The van der Waals surface area contributed by atoms with Crippen LogP contribution in [-0.2, 0) is 5.60 Å². The summed E-state index contributed by atoms with van der Waals surface area (Å²) in [4.78, 5) is 3.98. The molecule has 4 heteroatoms. The van der Waals surface area contributed by atoms with Crippen LogP contribution in [-0.4, -0.2) is 10.1 Å². The van der Waals surface area contributed by atoms with Crippen LogP contribution in [0, 0.1) is 0 Å². The van der Waals surface area contributed by atoms with Crippen LogP contribution in [0.5, 0.6) is 0 Å². The van der Waals surface area contributed by atoms with E-state index >= 15 is 0 Å². The molecule has 1 saturated carbocycles. The van der Waals surface area contributed by atoms with Gasteiger partial charge in [-0.15, -0.1) is 0 Å². The highest BCUT2D eigenvalue weighted by molar-refractivity contribution is 9.10. The Hall–Kier alpha value is -0.120. The Morgan fingerprint density at radius 2 is 2.23 bits per heavy atom. The molecule has 70 valence electrons. The first-order valence-electron chi connectivity index (χ1n) is 4.16. The number of nitrogens with zero attached hydrogens (tertiary/aromatic N) is 1. The number of aliphatic hydroxyl groups is 1. The van der Waals surface area contributed by atoms with Crippen LogP contribution >= 0.6 is 27.5 Å². The molecule has 1 aromatic heterocycles. The number of hydrogen-bond donors (Lipinski definition) is 1. The van der Waals surface area contributed by atoms with Crippen LogP contribution < -0.4 is 0 Å². The SMILES string of the molecule is OC1(c2cc(Br)ncc2Cl)CCC1. The van der Waals surface area contributed by atoms with E-state index in [0.717, 1.165) is 24.8 Å². The van der Waals surface area contributed by atoms with Gasteiger partial charge in [0.05, 0.1) is 10.6 Å². The van der Waals surface area contributed by atoms with Gasteiger partial charge in [-0.2, -0.15) is 0 Å². The van der Waals surface area contributed by atoms with Crippen molar-refractivity contribution >= 4 is 27.5 Å². The molecule has 0 radical (unpaired) electrons. The second kappa shape index (κ2) is 3.23. The minimum absolute atomic E-state index is 0.547. The molecular weight excluding hydrogens is 253 g/mol. The van der Waals surface area contributed by atoms with Gasteiger partial charge < -0.3 is 5.11 Å². The Labute approximate surface area is 90.1 Å². The smallest absolute Gasteiger partial charge is 0.106 e. The Morgan fingerprint density at radius 1 is 1.54 bits per heavy atom. The average Bonchev–Trinajstić information content (AvgIpc) is 2.05. The summed E-state index contributed by atoms with van der Waals surface area (Å²) >= 11 is 9.21. The van der Waals surface area contributed by atoms with Crippen LogP contribution in [0.15, 0.2) is 16.9 Å². The summed E-state index contributed by atoms with van der Waals surface area (Å²) in [6.45, 7) is 0. The van der Waals surface area contributed by atoms with E-state index in [-0.39, 0.29) is 0 Å². The lowest BCUT2D eigenvalue weighted by Gasteiger charge is -2.37. The predicted molar refractivity (Wildman–Crippen MR) is 54.7 cm³/mol. The van der Waals surface area contributed by atoms with E-state index < -0.39 is 5.60 Å². The van der Waals surface area contributed by atoms with Gasteiger partial charge in [0.15, 0.2) is 0 Å². The molecule has 13 heavy (non-hydrogen) atoms. The zero-order valence-electron chi connectivity index (χ0n) is 6.93. The van der Waals surface area contributed by atoms with Crippen molar-refractivity contribution in [2.75, 3.05) is 0 Å². The van der Waals surface area contributed by atoms with E-state index in [1.165, 1.54) is 0 Å². The van der Waals surface area contributed by atoms with Crippen molar-refractivity contribution in [1.29, 1.82) is 0 Å². The number of hydrogen-bond acceptors (Lipinski definition) is 2. The summed E-state index contributed by atoms with van der Waals surface area (Å²) in [7, 11) is 0. The van der Waals surface area contributed by atoms with E-state index in [9.17, 15) is 5.11 Å². The Morgan fingerprint density at radius 3 is 2.77 bits per heavy atom. The van der Waals surface area contributed by atoms with Crippen LogP contribution in [0.3, 0.4) is 0 Å². The van der Waals surface area contributed by atoms with Crippen molar-refractivity contribution in [3.8, 4) is 0 Å². The second-order valence-corrected chi connectivity index (χ2v) is 4.59. The first kappa shape index (κ1) is 9.44. The molecule has 2 rings (SSSR count). The molecule has 0 spiro atoms. The number of pyridine rings is 1. The third kappa shape index (κ3) is 1.60. The Bertz CT molecular complexity index is 338. The lowest BCUT2D eigenvalue weighted by Crippen LogP contribution is -2.33. The van der Waals surface area contributed by atoms with Crippen molar-refractivity contribution in [2.45, 2.75) is 24.9 Å². The van der Waals surface area contributed by atoms with Crippen molar-refractivity contribution in [3.63, 3.8) is 0 Å². The fraction of sp³-hybridized carbons (Fsp3) is 0.444. The second-order valence-electron chi connectivity index (χ2n) is 3.37. The molecule has 1 aliphatic rings. The predicted octanol–water partition coefficient (Wildman–Crippen LogP) is 2.87. The van der Waals surface area contributed by atoms with E-state index in [4.69, 9.17) is 11.6 Å². The maximum atomic E-state index is 10.1. The minimum Gasteiger partial charge on any atom is -0.385 e. The van der Waals surface area contributed by atoms with Gasteiger partial charge >= 0.3 is 0 Å². The Kier molecular flexibility index (Phi) is 2.34. The van der Waals surface area contributed by atoms with Crippen molar-refractivity contribution < 1.29 is 5.11 Å². The van der Waals surface area contributed by atoms with Crippen LogP contribution in [0.2, 0.25) is 5.02 Å². The highest BCUT2D eigenvalue weighted by Gasteiger charge is 2.38. The molecule has 0 bridgehead atoms. The van der Waals surface area contributed by atoms with Gasteiger partial charge in [-0.25, -0.2) is 4.98 Å². The van der Waals surface area contributed by atoms with E-state index in [2.05, 4.69) is 20.9 Å². The maximum Gasteiger partial charge on any atom is 0.106 e. The zero-order chi connectivity index (χ0) is 9.47. The quantitative estimate of drug-likeness (QED) is 0.790. The van der Waals surface area contributed by atoms with E-state index in [1.807, 2.05) is 0 Å². The largest absolute Gasteiger partial charge is 0.385 e. The molecule has 1 aromatic rings. The van der Waals surface area contributed by atoms with Crippen molar-refractivity contribution in [1.82, 2.24) is 4.98 Å². The van der Waals surface area contributed by atoms with Crippen LogP contribution in [0.25, 0.3) is 0 Å². The summed E-state index contributed by atoms with van der Waals surface area (Å²) < 4.78 is 0.715. The van der Waals surface area contributed by atoms with Gasteiger partial charge in [0.1, 0.15) is 4.60 Å². The molecule has 0 aliphatic heterocycles. The topological polar surface area (TPSA) is 33.1 Å². The molecule has 0 saturated heterocycles. The number of aromatic nitrogens is 1. The highest BCUT2D eigenvalue weighted by atomic mass is 79.9.